The minimum atomic E-state index is -1.70. The molecule has 2 heterocycles. The van der Waals surface area contributed by atoms with E-state index >= 15 is 0 Å². The summed E-state index contributed by atoms with van der Waals surface area (Å²) in [5.41, 5.74) is 3.48. The van der Waals surface area contributed by atoms with Crippen molar-refractivity contribution in [2.75, 3.05) is 20.8 Å². The highest BCUT2D eigenvalue weighted by Gasteiger charge is 2.24. The lowest BCUT2D eigenvalue weighted by atomic mass is 10.1. The molecular formula is C25H27N3O5S2. The molecule has 0 aliphatic carbocycles. The number of aromatic nitrogens is 3. The summed E-state index contributed by atoms with van der Waals surface area (Å²) in [5.74, 6) is 2.10. The number of methoxy groups -OCH3 is 2. The number of nitrogens with zero attached hydrogens (tertiary/aromatic N) is 3. The van der Waals surface area contributed by atoms with Gasteiger partial charge < -0.3 is 14.2 Å². The van der Waals surface area contributed by atoms with Crippen molar-refractivity contribution in [3.63, 3.8) is 0 Å². The summed E-state index contributed by atoms with van der Waals surface area (Å²) in [7, 11) is -0.173. The van der Waals surface area contributed by atoms with Gasteiger partial charge in [0.15, 0.2) is 11.0 Å². The van der Waals surface area contributed by atoms with Gasteiger partial charge in [0, 0.05) is 23.4 Å². The monoisotopic (exact) mass is 513 g/mol. The Balaban J connectivity index is 1.79. The van der Waals surface area contributed by atoms with Gasteiger partial charge in [0.1, 0.15) is 17.2 Å². The Kier molecular flexibility index (Phi) is 7.51. The molecule has 10 heteroatoms. The van der Waals surface area contributed by atoms with Gasteiger partial charge in [-0.3, -0.25) is 9.19 Å². The van der Waals surface area contributed by atoms with Gasteiger partial charge in [0.25, 0.3) is 0 Å². The lowest BCUT2D eigenvalue weighted by molar-refractivity contribution is 0.340. The minimum absolute atomic E-state index is 0.101. The minimum Gasteiger partial charge on any atom is -0.497 e. The Morgan fingerprint density at radius 3 is 2.34 bits per heavy atom. The third kappa shape index (κ3) is 4.94. The molecule has 0 aliphatic rings. The number of hydrogen-bond acceptors (Lipinski definition) is 7. The molecule has 0 saturated heterocycles. The summed E-state index contributed by atoms with van der Waals surface area (Å²) in [6.07, 6.45) is 1.70. The van der Waals surface area contributed by atoms with Crippen molar-refractivity contribution in [2.24, 2.45) is 0 Å². The van der Waals surface area contributed by atoms with Gasteiger partial charge in [-0.25, -0.2) is 13.2 Å². The molecule has 35 heavy (non-hydrogen) atoms. The summed E-state index contributed by atoms with van der Waals surface area (Å²) < 4.78 is 45.2. The van der Waals surface area contributed by atoms with Crippen LogP contribution in [0.25, 0.3) is 11.0 Å². The van der Waals surface area contributed by atoms with Gasteiger partial charge in [-0.15, -0.1) is 0 Å². The Morgan fingerprint density at radius 2 is 1.69 bits per heavy atom. The first-order valence-electron chi connectivity index (χ1n) is 11.0. The molecule has 4 aromatic rings. The molecule has 0 radical (unpaired) electrons. The average molecular weight is 514 g/mol. The van der Waals surface area contributed by atoms with Crippen LogP contribution in [0.2, 0.25) is 0 Å². The summed E-state index contributed by atoms with van der Waals surface area (Å²) in [6, 6.07) is 12.3. The van der Waals surface area contributed by atoms with Crippen molar-refractivity contribution in [2.45, 2.75) is 36.6 Å². The number of ether oxygens (including phenoxy) is 3. The third-order valence-corrected chi connectivity index (χ3v) is 8.22. The normalized spacial score (nSPS) is 12.9. The van der Waals surface area contributed by atoms with E-state index in [-0.39, 0.29) is 10.9 Å². The molecule has 2 aromatic carbocycles. The highest BCUT2D eigenvalue weighted by Crippen LogP contribution is 2.29. The van der Waals surface area contributed by atoms with Crippen molar-refractivity contribution in [3.8, 4) is 17.2 Å². The Bertz CT molecular complexity index is 1420. The molecule has 2 aromatic heterocycles. The highest BCUT2D eigenvalue weighted by molar-refractivity contribution is 7.86. The lowest BCUT2D eigenvalue weighted by Crippen LogP contribution is -2.13. The lowest BCUT2D eigenvalue weighted by Gasteiger charge is -2.13. The second-order valence-corrected chi connectivity index (χ2v) is 10.4. The fourth-order valence-corrected chi connectivity index (χ4v) is 6.48. The van der Waals surface area contributed by atoms with Crippen LogP contribution in [0.1, 0.15) is 23.7 Å². The van der Waals surface area contributed by atoms with Crippen molar-refractivity contribution in [3.05, 3.63) is 65.5 Å². The Hall–Kier alpha value is -3.24. The zero-order chi connectivity index (χ0) is 25.1. The molecule has 184 valence electrons. The van der Waals surface area contributed by atoms with Crippen LogP contribution in [-0.4, -0.2) is 43.2 Å². The smallest absolute Gasteiger partial charge is 0.212 e. The van der Waals surface area contributed by atoms with E-state index in [9.17, 15) is 8.42 Å². The third-order valence-electron chi connectivity index (χ3n) is 5.51. The van der Waals surface area contributed by atoms with E-state index in [1.54, 1.807) is 62.9 Å². The molecule has 0 fully saturated rings. The largest absolute Gasteiger partial charge is 0.497 e. The van der Waals surface area contributed by atoms with Crippen molar-refractivity contribution >= 4 is 32.8 Å². The molecule has 0 aliphatic heterocycles. The van der Waals surface area contributed by atoms with Crippen LogP contribution in [0.5, 0.6) is 17.2 Å². The first-order chi connectivity index (χ1) is 16.9. The first kappa shape index (κ1) is 24.9. The first-order valence-corrected chi connectivity index (χ1v) is 13.4. The predicted molar refractivity (Wildman–Crippen MR) is 136 cm³/mol. The number of aryl methyl sites for hydroxylation is 1. The second kappa shape index (κ2) is 10.6. The Morgan fingerprint density at radius 1 is 0.971 bits per heavy atom. The zero-order valence-corrected chi connectivity index (χ0v) is 21.9. The molecule has 0 bridgehead atoms. The van der Waals surface area contributed by atoms with Crippen molar-refractivity contribution in [1.82, 2.24) is 13.9 Å². The SMILES string of the molecule is CCOc1ccc(S(=O)n2c(S(=O)Cc3ncc(C)c(OC)c3C)nc3cc(OC)ccc32)cc1. The number of benzene rings is 2. The quantitative estimate of drug-likeness (QED) is 0.329. The molecular weight excluding hydrogens is 486 g/mol. The maximum atomic E-state index is 13.7. The highest BCUT2D eigenvalue weighted by atomic mass is 32.2. The van der Waals surface area contributed by atoms with E-state index in [2.05, 4.69) is 9.97 Å². The molecule has 0 N–H and O–H groups in total. The van der Waals surface area contributed by atoms with E-state index in [0.29, 0.717) is 45.5 Å². The van der Waals surface area contributed by atoms with Gasteiger partial charge in [0.05, 0.1) is 59.0 Å². The van der Waals surface area contributed by atoms with Gasteiger partial charge in [-0.05, 0) is 57.2 Å². The van der Waals surface area contributed by atoms with Gasteiger partial charge in [0.2, 0.25) is 5.16 Å². The van der Waals surface area contributed by atoms with Crippen LogP contribution in [0.3, 0.4) is 0 Å². The van der Waals surface area contributed by atoms with E-state index in [1.165, 1.54) is 3.97 Å². The summed E-state index contributed by atoms with van der Waals surface area (Å²) in [5, 5.41) is 0.196. The zero-order valence-electron chi connectivity index (χ0n) is 20.2. The number of fused-ring (bicyclic) bond motifs is 1. The molecule has 2 unspecified atom stereocenters. The fourth-order valence-electron chi connectivity index (χ4n) is 3.78. The number of rotatable bonds is 9. The van der Waals surface area contributed by atoms with Crippen LogP contribution in [-0.2, 0) is 27.5 Å². The van der Waals surface area contributed by atoms with E-state index in [4.69, 9.17) is 14.2 Å². The topological polar surface area (TPSA) is 92.5 Å². The molecule has 0 saturated carbocycles. The molecule has 4 rings (SSSR count). The molecule has 0 spiro atoms. The number of hydrogen-bond donors (Lipinski definition) is 0. The van der Waals surface area contributed by atoms with E-state index in [0.717, 1.165) is 11.1 Å². The van der Waals surface area contributed by atoms with E-state index in [1.807, 2.05) is 20.8 Å². The van der Waals surface area contributed by atoms with Crippen molar-refractivity contribution in [1.29, 1.82) is 0 Å². The van der Waals surface area contributed by atoms with Gasteiger partial charge in [-0.2, -0.15) is 0 Å². The Labute approximate surface area is 209 Å². The summed E-state index contributed by atoms with van der Waals surface area (Å²) >= 11 is 0. The fraction of sp³-hybridized carbons (Fsp3) is 0.280. The number of imidazole rings is 1. The van der Waals surface area contributed by atoms with Crippen LogP contribution in [0.4, 0.5) is 0 Å². The molecule has 0 amide bonds. The summed E-state index contributed by atoms with van der Waals surface area (Å²) in [6.45, 7) is 6.24. The molecule has 2 atom stereocenters. The number of pyridine rings is 1. The van der Waals surface area contributed by atoms with E-state index < -0.39 is 21.8 Å². The molecule has 8 nitrogen and oxygen atoms in total. The van der Waals surface area contributed by atoms with Gasteiger partial charge >= 0.3 is 0 Å². The maximum Gasteiger partial charge on any atom is 0.212 e. The standard InChI is InChI=1S/C25H27N3O5S2/c1-6-33-18-7-10-20(11-8-18)35(30)28-23-12-9-19(31-4)13-21(23)27-25(28)34(29)15-22-17(3)24(32-5)16(2)14-26-22/h7-14H,6,15H2,1-5H3. The summed E-state index contributed by atoms with van der Waals surface area (Å²) in [4.78, 5) is 9.62. The predicted octanol–water partition coefficient (Wildman–Crippen LogP) is 4.34. The average Bonchev–Trinajstić information content (AvgIpc) is 3.25. The van der Waals surface area contributed by atoms with Gasteiger partial charge in [-0.1, -0.05) is 0 Å². The maximum absolute atomic E-state index is 13.7. The van der Waals surface area contributed by atoms with Crippen LogP contribution in [0.15, 0.2) is 58.7 Å². The van der Waals surface area contributed by atoms with Crippen LogP contribution >= 0.6 is 0 Å². The van der Waals surface area contributed by atoms with Crippen molar-refractivity contribution < 1.29 is 22.6 Å². The second-order valence-electron chi connectivity index (χ2n) is 7.73. The van der Waals surface area contributed by atoms with Crippen LogP contribution < -0.4 is 14.2 Å². The van der Waals surface area contributed by atoms with Crippen LogP contribution in [0, 0.1) is 13.8 Å².